The van der Waals surface area contributed by atoms with Crippen molar-refractivity contribution in [2.24, 2.45) is 0 Å². The first kappa shape index (κ1) is 14.5. The highest BCUT2D eigenvalue weighted by Gasteiger charge is 2.22. The van der Waals surface area contributed by atoms with E-state index in [2.05, 4.69) is 26.6 Å². The van der Waals surface area contributed by atoms with Crippen molar-refractivity contribution in [3.63, 3.8) is 0 Å². The molecular formula is C14H18BrFN2O. The van der Waals surface area contributed by atoms with Gasteiger partial charge in [0.25, 0.3) is 0 Å². The molecule has 3 nitrogen and oxygen atoms in total. The normalized spacial score (nSPS) is 14.4. The summed E-state index contributed by atoms with van der Waals surface area (Å²) in [7, 11) is 0. The van der Waals surface area contributed by atoms with Gasteiger partial charge in [-0.2, -0.15) is 0 Å². The maximum Gasteiger partial charge on any atom is 0.220 e. The van der Waals surface area contributed by atoms with E-state index in [-0.39, 0.29) is 11.7 Å². The Morgan fingerprint density at radius 1 is 1.42 bits per heavy atom. The van der Waals surface area contributed by atoms with Crippen LogP contribution in [0.15, 0.2) is 22.7 Å². The number of carbonyl (C=O) groups is 1. The van der Waals surface area contributed by atoms with Gasteiger partial charge in [-0.1, -0.05) is 6.07 Å². The molecule has 2 rings (SSSR count). The molecular weight excluding hydrogens is 311 g/mol. The molecule has 19 heavy (non-hydrogen) atoms. The van der Waals surface area contributed by atoms with Crippen LogP contribution in [0.25, 0.3) is 0 Å². The minimum atomic E-state index is -0.250. The van der Waals surface area contributed by atoms with Gasteiger partial charge in [-0.05, 0) is 59.4 Å². The van der Waals surface area contributed by atoms with E-state index in [1.807, 2.05) is 0 Å². The molecule has 1 amide bonds. The predicted molar refractivity (Wildman–Crippen MR) is 76.2 cm³/mol. The lowest BCUT2D eigenvalue weighted by atomic mass is 10.2. The number of amides is 1. The van der Waals surface area contributed by atoms with Gasteiger partial charge in [-0.3, -0.25) is 4.79 Å². The highest BCUT2D eigenvalue weighted by atomic mass is 79.9. The number of rotatable bonds is 7. The van der Waals surface area contributed by atoms with Crippen LogP contribution >= 0.6 is 15.9 Å². The fourth-order valence-electron chi connectivity index (χ4n) is 1.78. The van der Waals surface area contributed by atoms with E-state index in [1.54, 1.807) is 12.1 Å². The van der Waals surface area contributed by atoms with E-state index in [0.717, 1.165) is 31.4 Å². The third-order valence-electron chi connectivity index (χ3n) is 3.01. The summed E-state index contributed by atoms with van der Waals surface area (Å²) in [6, 6.07) is 5.41. The Morgan fingerprint density at radius 3 is 2.89 bits per heavy atom. The van der Waals surface area contributed by atoms with Gasteiger partial charge >= 0.3 is 0 Å². The summed E-state index contributed by atoms with van der Waals surface area (Å²) in [6.45, 7) is 1.47. The van der Waals surface area contributed by atoms with Gasteiger partial charge in [0.15, 0.2) is 0 Å². The predicted octanol–water partition coefficient (Wildman–Crippen LogP) is 2.74. The third kappa shape index (κ3) is 5.28. The number of nitrogens with one attached hydrogen (secondary N) is 2. The number of benzene rings is 1. The van der Waals surface area contributed by atoms with Gasteiger partial charge < -0.3 is 10.6 Å². The second-order valence-electron chi connectivity index (χ2n) is 4.87. The van der Waals surface area contributed by atoms with Gasteiger partial charge in [-0.25, -0.2) is 4.39 Å². The fraction of sp³-hybridized carbons (Fsp3) is 0.500. The summed E-state index contributed by atoms with van der Waals surface area (Å²) < 4.78 is 13.5. The lowest BCUT2D eigenvalue weighted by molar-refractivity contribution is -0.121. The van der Waals surface area contributed by atoms with Gasteiger partial charge in [0.05, 0.1) is 4.47 Å². The number of hydrogen-bond donors (Lipinski definition) is 2. The zero-order chi connectivity index (χ0) is 13.7. The molecule has 0 aromatic heterocycles. The van der Waals surface area contributed by atoms with Crippen molar-refractivity contribution in [3.8, 4) is 0 Å². The van der Waals surface area contributed by atoms with E-state index in [4.69, 9.17) is 0 Å². The molecule has 1 saturated carbocycles. The molecule has 0 aliphatic heterocycles. The summed E-state index contributed by atoms with van der Waals surface area (Å²) in [5.74, 6) is -0.102. The summed E-state index contributed by atoms with van der Waals surface area (Å²) >= 11 is 3.16. The largest absolute Gasteiger partial charge is 0.353 e. The molecule has 0 bridgehead atoms. The molecule has 1 aliphatic rings. The molecule has 0 radical (unpaired) electrons. The van der Waals surface area contributed by atoms with Crippen molar-refractivity contribution in [2.45, 2.75) is 38.3 Å². The van der Waals surface area contributed by atoms with E-state index < -0.39 is 0 Å². The molecule has 1 fully saturated rings. The van der Waals surface area contributed by atoms with Crippen LogP contribution in [0.3, 0.4) is 0 Å². The Hall–Kier alpha value is -0.940. The maximum atomic E-state index is 13.0. The molecule has 0 saturated heterocycles. The van der Waals surface area contributed by atoms with E-state index >= 15 is 0 Å². The SMILES string of the molecule is O=C(CCCNCc1ccc(F)c(Br)c1)NC1CC1. The fourth-order valence-corrected chi connectivity index (χ4v) is 2.21. The molecule has 0 spiro atoms. The van der Waals surface area contributed by atoms with Gasteiger partial charge in [-0.15, -0.1) is 0 Å². The Bertz CT molecular complexity index is 449. The summed E-state index contributed by atoms with van der Waals surface area (Å²) in [4.78, 5) is 11.4. The molecule has 0 unspecified atom stereocenters. The highest BCUT2D eigenvalue weighted by Crippen LogP contribution is 2.18. The Kier molecular flexibility index (Phi) is 5.34. The van der Waals surface area contributed by atoms with Crippen molar-refractivity contribution in [3.05, 3.63) is 34.1 Å². The average Bonchev–Trinajstić information content (AvgIpc) is 3.17. The Balaban J connectivity index is 1.58. The monoisotopic (exact) mass is 328 g/mol. The molecule has 104 valence electrons. The number of halogens is 2. The zero-order valence-electron chi connectivity index (χ0n) is 10.7. The van der Waals surface area contributed by atoms with Crippen molar-refractivity contribution >= 4 is 21.8 Å². The van der Waals surface area contributed by atoms with Gasteiger partial charge in [0.1, 0.15) is 5.82 Å². The van der Waals surface area contributed by atoms with Crippen LogP contribution in [0.4, 0.5) is 4.39 Å². The minimum Gasteiger partial charge on any atom is -0.353 e. The first-order valence-electron chi connectivity index (χ1n) is 6.59. The Labute approximate surface area is 121 Å². The van der Waals surface area contributed by atoms with E-state index in [0.29, 0.717) is 23.5 Å². The molecule has 0 atom stereocenters. The van der Waals surface area contributed by atoms with Crippen LogP contribution in [0.5, 0.6) is 0 Å². The highest BCUT2D eigenvalue weighted by molar-refractivity contribution is 9.10. The zero-order valence-corrected chi connectivity index (χ0v) is 12.3. The van der Waals surface area contributed by atoms with Crippen LogP contribution in [0.1, 0.15) is 31.2 Å². The second-order valence-corrected chi connectivity index (χ2v) is 5.72. The van der Waals surface area contributed by atoms with Crippen LogP contribution in [-0.4, -0.2) is 18.5 Å². The summed E-state index contributed by atoms with van der Waals surface area (Å²) in [5.41, 5.74) is 1.02. The molecule has 2 N–H and O–H groups in total. The smallest absolute Gasteiger partial charge is 0.220 e. The van der Waals surface area contributed by atoms with Crippen molar-refractivity contribution < 1.29 is 9.18 Å². The van der Waals surface area contributed by atoms with Gasteiger partial charge in [0, 0.05) is 19.0 Å². The number of hydrogen-bond acceptors (Lipinski definition) is 2. The summed E-state index contributed by atoms with van der Waals surface area (Å²) in [6.07, 6.45) is 3.64. The first-order chi connectivity index (χ1) is 9.15. The summed E-state index contributed by atoms with van der Waals surface area (Å²) in [5, 5.41) is 6.21. The van der Waals surface area contributed by atoms with Crippen molar-refractivity contribution in [1.29, 1.82) is 0 Å². The second kappa shape index (κ2) is 7.01. The molecule has 1 aliphatic carbocycles. The van der Waals surface area contributed by atoms with E-state index in [9.17, 15) is 9.18 Å². The Morgan fingerprint density at radius 2 is 2.21 bits per heavy atom. The van der Waals surface area contributed by atoms with Crippen molar-refractivity contribution in [2.75, 3.05) is 6.54 Å². The minimum absolute atomic E-state index is 0.147. The van der Waals surface area contributed by atoms with Crippen LogP contribution < -0.4 is 10.6 Å². The average molecular weight is 329 g/mol. The van der Waals surface area contributed by atoms with Crippen molar-refractivity contribution in [1.82, 2.24) is 10.6 Å². The molecule has 5 heteroatoms. The van der Waals surface area contributed by atoms with Crippen LogP contribution in [0, 0.1) is 5.82 Å². The molecule has 1 aromatic rings. The topological polar surface area (TPSA) is 41.1 Å². The van der Waals surface area contributed by atoms with Gasteiger partial charge in [0.2, 0.25) is 5.91 Å². The third-order valence-corrected chi connectivity index (χ3v) is 3.62. The molecule has 0 heterocycles. The standard InChI is InChI=1S/C14H18BrFN2O/c15-12-8-10(3-6-13(12)16)9-17-7-1-2-14(19)18-11-4-5-11/h3,6,8,11,17H,1-2,4-5,7,9H2,(H,18,19). The van der Waals surface area contributed by atoms with E-state index in [1.165, 1.54) is 6.07 Å². The molecule has 1 aromatic carbocycles. The lowest BCUT2D eigenvalue weighted by Gasteiger charge is -2.06. The first-order valence-corrected chi connectivity index (χ1v) is 7.38. The quantitative estimate of drug-likeness (QED) is 0.755. The van der Waals surface area contributed by atoms with Crippen LogP contribution in [0.2, 0.25) is 0 Å². The van der Waals surface area contributed by atoms with Crippen LogP contribution in [-0.2, 0) is 11.3 Å². The lowest BCUT2D eigenvalue weighted by Crippen LogP contribution is -2.26. The number of carbonyl (C=O) groups excluding carboxylic acids is 1. The maximum absolute atomic E-state index is 13.0.